The van der Waals surface area contributed by atoms with Crippen LogP contribution in [0.15, 0.2) is 12.3 Å². The molecule has 1 aliphatic rings. The second kappa shape index (κ2) is 3.80. The standard InChI is InChI=1S/C11H17F2N3/c1-2-16-8-3-9(15-16)10(14)4-6-11(12,13)7-5-10/h3,8H,2,4-7,14H2,1H3. The van der Waals surface area contributed by atoms with Crippen molar-refractivity contribution in [2.45, 2.75) is 50.6 Å². The van der Waals surface area contributed by atoms with Gasteiger partial charge in [0.2, 0.25) is 5.92 Å². The van der Waals surface area contributed by atoms with E-state index in [4.69, 9.17) is 5.73 Å². The Kier molecular flexibility index (Phi) is 2.74. The van der Waals surface area contributed by atoms with Crippen LogP contribution in [0.5, 0.6) is 0 Å². The van der Waals surface area contributed by atoms with Crippen molar-refractivity contribution in [3.05, 3.63) is 18.0 Å². The van der Waals surface area contributed by atoms with E-state index in [1.807, 2.05) is 19.2 Å². The Morgan fingerprint density at radius 3 is 2.50 bits per heavy atom. The lowest BCUT2D eigenvalue weighted by atomic mass is 9.78. The highest BCUT2D eigenvalue weighted by Crippen LogP contribution is 2.41. The van der Waals surface area contributed by atoms with Crippen molar-refractivity contribution in [3.63, 3.8) is 0 Å². The molecule has 1 aliphatic carbocycles. The van der Waals surface area contributed by atoms with Crippen LogP contribution in [0.3, 0.4) is 0 Å². The summed E-state index contributed by atoms with van der Waals surface area (Å²) in [4.78, 5) is 0. The van der Waals surface area contributed by atoms with Gasteiger partial charge < -0.3 is 5.73 Å². The third-order valence-electron chi connectivity index (χ3n) is 3.35. The Hall–Kier alpha value is -0.970. The van der Waals surface area contributed by atoms with Crippen LogP contribution in [-0.2, 0) is 12.1 Å². The highest BCUT2D eigenvalue weighted by molar-refractivity contribution is 5.14. The van der Waals surface area contributed by atoms with Crippen molar-refractivity contribution < 1.29 is 8.78 Å². The highest BCUT2D eigenvalue weighted by atomic mass is 19.3. The molecule has 0 unspecified atom stereocenters. The summed E-state index contributed by atoms with van der Waals surface area (Å²) in [6, 6.07) is 1.84. The van der Waals surface area contributed by atoms with E-state index >= 15 is 0 Å². The average molecular weight is 229 g/mol. The van der Waals surface area contributed by atoms with E-state index in [0.29, 0.717) is 12.8 Å². The van der Waals surface area contributed by atoms with Crippen LogP contribution in [0.1, 0.15) is 38.3 Å². The van der Waals surface area contributed by atoms with Crippen LogP contribution in [-0.4, -0.2) is 15.7 Å². The van der Waals surface area contributed by atoms with E-state index in [2.05, 4.69) is 5.10 Å². The Bertz CT molecular complexity index is 363. The molecule has 0 radical (unpaired) electrons. The van der Waals surface area contributed by atoms with Gasteiger partial charge in [0.05, 0.1) is 11.2 Å². The molecule has 0 atom stereocenters. The molecule has 1 fully saturated rings. The molecule has 16 heavy (non-hydrogen) atoms. The molecular formula is C11H17F2N3. The van der Waals surface area contributed by atoms with Crippen LogP contribution in [0.25, 0.3) is 0 Å². The molecule has 1 aromatic rings. The molecule has 1 saturated carbocycles. The van der Waals surface area contributed by atoms with E-state index in [1.165, 1.54) is 0 Å². The van der Waals surface area contributed by atoms with Gasteiger partial charge >= 0.3 is 0 Å². The summed E-state index contributed by atoms with van der Waals surface area (Å²) in [5, 5.41) is 4.32. The van der Waals surface area contributed by atoms with Gasteiger partial charge in [-0.2, -0.15) is 5.10 Å². The lowest BCUT2D eigenvalue weighted by Gasteiger charge is -2.35. The Balaban J connectivity index is 2.14. The number of nitrogens with zero attached hydrogens (tertiary/aromatic N) is 2. The number of rotatable bonds is 2. The number of hydrogen-bond acceptors (Lipinski definition) is 2. The maximum absolute atomic E-state index is 13.1. The van der Waals surface area contributed by atoms with Crippen molar-refractivity contribution in [1.29, 1.82) is 0 Å². The van der Waals surface area contributed by atoms with E-state index in [0.717, 1.165) is 12.2 Å². The molecule has 0 aromatic carbocycles. The summed E-state index contributed by atoms with van der Waals surface area (Å²) in [6.07, 6.45) is 2.18. The van der Waals surface area contributed by atoms with Crippen LogP contribution >= 0.6 is 0 Å². The fraction of sp³-hybridized carbons (Fsp3) is 0.727. The molecule has 2 rings (SSSR count). The van der Waals surface area contributed by atoms with Gasteiger partial charge in [0.15, 0.2) is 0 Å². The third kappa shape index (κ3) is 2.09. The topological polar surface area (TPSA) is 43.8 Å². The van der Waals surface area contributed by atoms with Crippen molar-refractivity contribution >= 4 is 0 Å². The minimum atomic E-state index is -2.55. The van der Waals surface area contributed by atoms with Crippen LogP contribution in [0.4, 0.5) is 8.78 Å². The van der Waals surface area contributed by atoms with Gasteiger partial charge in [0.25, 0.3) is 0 Å². The molecule has 1 heterocycles. The molecule has 0 spiro atoms. The monoisotopic (exact) mass is 229 g/mol. The number of hydrogen-bond donors (Lipinski definition) is 1. The molecule has 2 N–H and O–H groups in total. The fourth-order valence-corrected chi connectivity index (χ4v) is 2.12. The smallest absolute Gasteiger partial charge is 0.248 e. The lowest BCUT2D eigenvalue weighted by Crippen LogP contribution is -2.44. The SMILES string of the molecule is CCn1ccc(C2(N)CCC(F)(F)CC2)n1. The predicted molar refractivity (Wildman–Crippen MR) is 57.2 cm³/mol. The number of alkyl halides is 2. The number of nitrogens with two attached hydrogens (primary N) is 1. The number of aromatic nitrogens is 2. The Morgan fingerprint density at radius 1 is 1.38 bits per heavy atom. The summed E-state index contributed by atoms with van der Waals surface area (Å²) in [5.74, 6) is -2.55. The summed E-state index contributed by atoms with van der Waals surface area (Å²) >= 11 is 0. The van der Waals surface area contributed by atoms with Gasteiger partial charge in [0, 0.05) is 25.6 Å². The van der Waals surface area contributed by atoms with Crippen molar-refractivity contribution in [3.8, 4) is 0 Å². The highest BCUT2D eigenvalue weighted by Gasteiger charge is 2.43. The Labute approximate surface area is 93.6 Å². The average Bonchev–Trinajstić information content (AvgIpc) is 2.72. The van der Waals surface area contributed by atoms with E-state index in [9.17, 15) is 8.78 Å². The van der Waals surface area contributed by atoms with Crippen molar-refractivity contribution in [2.75, 3.05) is 0 Å². The van der Waals surface area contributed by atoms with Gasteiger partial charge in [0.1, 0.15) is 0 Å². The minimum absolute atomic E-state index is 0.136. The predicted octanol–water partition coefficient (Wildman–Crippen LogP) is 2.27. The third-order valence-corrected chi connectivity index (χ3v) is 3.35. The second-order valence-electron chi connectivity index (χ2n) is 4.57. The van der Waals surface area contributed by atoms with Crippen LogP contribution in [0.2, 0.25) is 0 Å². The maximum atomic E-state index is 13.1. The van der Waals surface area contributed by atoms with Crippen molar-refractivity contribution in [2.24, 2.45) is 5.73 Å². The summed E-state index contributed by atoms with van der Waals surface area (Å²) in [6.45, 7) is 2.75. The molecule has 5 heteroatoms. The van der Waals surface area contributed by atoms with Gasteiger partial charge in [-0.25, -0.2) is 8.78 Å². The number of aryl methyl sites for hydroxylation is 1. The van der Waals surface area contributed by atoms with E-state index in [-0.39, 0.29) is 12.8 Å². The van der Waals surface area contributed by atoms with Gasteiger partial charge in [-0.1, -0.05) is 0 Å². The molecule has 90 valence electrons. The molecule has 1 aromatic heterocycles. The quantitative estimate of drug-likeness (QED) is 0.845. The van der Waals surface area contributed by atoms with E-state index < -0.39 is 11.5 Å². The summed E-state index contributed by atoms with van der Waals surface area (Å²) in [7, 11) is 0. The Morgan fingerprint density at radius 2 is 2.00 bits per heavy atom. The van der Waals surface area contributed by atoms with Gasteiger partial charge in [-0.05, 0) is 25.8 Å². The van der Waals surface area contributed by atoms with Gasteiger partial charge in [-0.3, -0.25) is 4.68 Å². The summed E-state index contributed by atoms with van der Waals surface area (Å²) in [5.41, 5.74) is 6.24. The first kappa shape index (κ1) is 11.5. The van der Waals surface area contributed by atoms with E-state index in [1.54, 1.807) is 4.68 Å². The lowest BCUT2D eigenvalue weighted by molar-refractivity contribution is -0.0519. The molecule has 3 nitrogen and oxygen atoms in total. The fourth-order valence-electron chi connectivity index (χ4n) is 2.12. The van der Waals surface area contributed by atoms with Crippen molar-refractivity contribution in [1.82, 2.24) is 9.78 Å². The van der Waals surface area contributed by atoms with Crippen LogP contribution < -0.4 is 5.73 Å². The first-order chi connectivity index (χ1) is 7.45. The summed E-state index contributed by atoms with van der Waals surface area (Å²) < 4.78 is 27.9. The minimum Gasteiger partial charge on any atom is -0.320 e. The largest absolute Gasteiger partial charge is 0.320 e. The molecule has 0 amide bonds. The molecule has 0 bridgehead atoms. The molecule has 0 aliphatic heterocycles. The zero-order chi connectivity index (χ0) is 11.8. The number of halogens is 2. The zero-order valence-corrected chi connectivity index (χ0v) is 9.42. The van der Waals surface area contributed by atoms with Gasteiger partial charge in [-0.15, -0.1) is 0 Å². The first-order valence-corrected chi connectivity index (χ1v) is 5.66. The van der Waals surface area contributed by atoms with Crippen LogP contribution in [0, 0.1) is 0 Å². The molecular weight excluding hydrogens is 212 g/mol. The first-order valence-electron chi connectivity index (χ1n) is 5.66. The zero-order valence-electron chi connectivity index (χ0n) is 9.42. The maximum Gasteiger partial charge on any atom is 0.248 e. The molecule has 0 saturated heterocycles. The second-order valence-corrected chi connectivity index (χ2v) is 4.57. The normalized spacial score (nSPS) is 23.2.